The van der Waals surface area contributed by atoms with Gasteiger partial charge in [-0.3, -0.25) is 10.1 Å². The summed E-state index contributed by atoms with van der Waals surface area (Å²) in [6.45, 7) is 5.67. The topological polar surface area (TPSA) is 97.6 Å². The van der Waals surface area contributed by atoms with Gasteiger partial charge in [-0.2, -0.15) is 5.26 Å². The largest absolute Gasteiger partial charge is 0.271 e. The van der Waals surface area contributed by atoms with E-state index in [0.29, 0.717) is 11.4 Å². The highest BCUT2D eigenvalue weighted by Gasteiger charge is 2.20. The molecule has 0 atom stereocenters. The molecule has 1 heterocycles. The van der Waals surface area contributed by atoms with Crippen LogP contribution in [-0.4, -0.2) is 19.9 Å². The molecule has 0 aliphatic heterocycles. The molecule has 0 radical (unpaired) electrons. The van der Waals surface area contributed by atoms with Crippen molar-refractivity contribution < 1.29 is 4.92 Å². The van der Waals surface area contributed by atoms with Crippen LogP contribution in [0.4, 0.5) is 5.69 Å². The van der Waals surface area contributed by atoms with Crippen molar-refractivity contribution in [2.75, 3.05) is 0 Å². The average Bonchev–Trinajstić information content (AvgIpc) is 2.82. The number of aromatic nitrogens is 3. The number of hydrogen-bond donors (Lipinski definition) is 0. The second-order valence-corrected chi connectivity index (χ2v) is 4.73. The van der Waals surface area contributed by atoms with Crippen molar-refractivity contribution in [3.05, 3.63) is 45.3 Å². The lowest BCUT2D eigenvalue weighted by Crippen LogP contribution is -2.07. The summed E-state index contributed by atoms with van der Waals surface area (Å²) >= 11 is 0. The summed E-state index contributed by atoms with van der Waals surface area (Å²) in [5.74, 6) is 0.0262. The van der Waals surface area contributed by atoms with Gasteiger partial charge in [0.1, 0.15) is 6.07 Å². The minimum atomic E-state index is -0.458. The Kier molecular flexibility index (Phi) is 3.48. The first-order chi connectivity index (χ1) is 9.45. The van der Waals surface area contributed by atoms with Gasteiger partial charge in [0, 0.05) is 12.1 Å². The van der Waals surface area contributed by atoms with Gasteiger partial charge in [0.2, 0.25) is 0 Å². The van der Waals surface area contributed by atoms with Crippen LogP contribution in [0.25, 0.3) is 5.69 Å². The Labute approximate surface area is 115 Å². The Hall–Kier alpha value is -2.75. The van der Waals surface area contributed by atoms with Gasteiger partial charge in [0.05, 0.1) is 16.3 Å². The van der Waals surface area contributed by atoms with Gasteiger partial charge in [-0.05, 0) is 18.4 Å². The van der Waals surface area contributed by atoms with E-state index in [1.807, 2.05) is 26.8 Å². The molecular weight excluding hydrogens is 258 g/mol. The Morgan fingerprint density at radius 2 is 2.15 bits per heavy atom. The number of nitro groups is 1. The molecule has 0 fully saturated rings. The first-order valence-corrected chi connectivity index (χ1v) is 6.06. The van der Waals surface area contributed by atoms with Crippen molar-refractivity contribution in [3.8, 4) is 11.8 Å². The molecule has 0 spiro atoms. The van der Waals surface area contributed by atoms with Crippen LogP contribution in [0.1, 0.15) is 36.7 Å². The van der Waals surface area contributed by atoms with Gasteiger partial charge >= 0.3 is 0 Å². The Bertz CT molecular complexity index is 712. The van der Waals surface area contributed by atoms with Crippen LogP contribution in [0.15, 0.2) is 18.2 Å². The number of non-ortho nitro benzene ring substituents is 1. The SMILES string of the molecule is Cc1ccc([N+](=O)[O-])cc1-n1nnc(C#N)c1C(C)C. The monoisotopic (exact) mass is 271 g/mol. The van der Waals surface area contributed by atoms with E-state index in [4.69, 9.17) is 5.26 Å². The highest BCUT2D eigenvalue weighted by Crippen LogP contribution is 2.25. The lowest BCUT2D eigenvalue weighted by Gasteiger charge is -2.11. The van der Waals surface area contributed by atoms with E-state index in [2.05, 4.69) is 10.3 Å². The summed E-state index contributed by atoms with van der Waals surface area (Å²) in [7, 11) is 0. The fourth-order valence-electron chi connectivity index (χ4n) is 2.00. The van der Waals surface area contributed by atoms with E-state index < -0.39 is 4.92 Å². The van der Waals surface area contributed by atoms with E-state index in [-0.39, 0.29) is 17.3 Å². The predicted molar refractivity (Wildman–Crippen MR) is 71.6 cm³/mol. The predicted octanol–water partition coefficient (Wildman–Crippen LogP) is 2.48. The molecule has 0 bridgehead atoms. The molecule has 0 amide bonds. The molecule has 1 aromatic heterocycles. The molecule has 7 heteroatoms. The van der Waals surface area contributed by atoms with Crippen molar-refractivity contribution in [2.24, 2.45) is 0 Å². The minimum absolute atomic E-state index is 0.0192. The number of nitriles is 1. The number of rotatable bonds is 3. The van der Waals surface area contributed by atoms with Gasteiger partial charge in [-0.25, -0.2) is 4.68 Å². The maximum Gasteiger partial charge on any atom is 0.271 e. The molecule has 2 aromatic rings. The molecule has 0 unspecified atom stereocenters. The highest BCUT2D eigenvalue weighted by atomic mass is 16.6. The zero-order valence-corrected chi connectivity index (χ0v) is 11.4. The first-order valence-electron chi connectivity index (χ1n) is 6.06. The van der Waals surface area contributed by atoms with E-state index in [1.54, 1.807) is 6.07 Å². The van der Waals surface area contributed by atoms with Crippen LogP contribution in [0.3, 0.4) is 0 Å². The summed E-state index contributed by atoms with van der Waals surface area (Å²) in [4.78, 5) is 10.4. The fraction of sp³-hybridized carbons (Fsp3) is 0.308. The Balaban J connectivity index is 2.69. The maximum absolute atomic E-state index is 10.9. The third kappa shape index (κ3) is 2.23. The van der Waals surface area contributed by atoms with Gasteiger partial charge in [0.15, 0.2) is 5.69 Å². The van der Waals surface area contributed by atoms with Gasteiger partial charge in [-0.15, -0.1) is 5.10 Å². The number of hydrogen-bond acceptors (Lipinski definition) is 5. The van der Waals surface area contributed by atoms with Crippen LogP contribution in [-0.2, 0) is 0 Å². The number of aryl methyl sites for hydroxylation is 1. The second-order valence-electron chi connectivity index (χ2n) is 4.73. The fourth-order valence-corrected chi connectivity index (χ4v) is 2.00. The van der Waals surface area contributed by atoms with Gasteiger partial charge in [-0.1, -0.05) is 25.1 Å². The molecule has 2 rings (SSSR count). The summed E-state index contributed by atoms with van der Waals surface area (Å²) in [6.07, 6.45) is 0. The molecule has 0 aliphatic rings. The quantitative estimate of drug-likeness (QED) is 0.630. The van der Waals surface area contributed by atoms with Crippen LogP contribution in [0, 0.1) is 28.4 Å². The molecule has 0 saturated carbocycles. The van der Waals surface area contributed by atoms with Crippen LogP contribution < -0.4 is 0 Å². The van der Waals surface area contributed by atoms with Crippen molar-refractivity contribution in [2.45, 2.75) is 26.7 Å². The molecular formula is C13H13N5O2. The zero-order valence-electron chi connectivity index (χ0n) is 11.4. The van der Waals surface area contributed by atoms with Gasteiger partial charge in [0.25, 0.3) is 5.69 Å². The van der Waals surface area contributed by atoms with Crippen molar-refractivity contribution in [1.29, 1.82) is 5.26 Å². The average molecular weight is 271 g/mol. The first kappa shape index (κ1) is 13.7. The standard InChI is InChI=1S/C13H13N5O2/c1-8(2)13-11(7-14)15-16-17(13)12-6-10(18(19)20)5-4-9(12)3/h4-6,8H,1-3H3. The maximum atomic E-state index is 10.9. The number of benzene rings is 1. The molecule has 7 nitrogen and oxygen atoms in total. The van der Waals surface area contributed by atoms with E-state index in [0.717, 1.165) is 5.56 Å². The summed E-state index contributed by atoms with van der Waals surface area (Å²) in [5, 5.41) is 27.7. The third-order valence-electron chi connectivity index (χ3n) is 2.99. The van der Waals surface area contributed by atoms with Gasteiger partial charge < -0.3 is 0 Å². The van der Waals surface area contributed by atoms with Crippen LogP contribution in [0.2, 0.25) is 0 Å². The summed E-state index contributed by atoms with van der Waals surface area (Å²) in [5.41, 5.74) is 2.26. The van der Waals surface area contributed by atoms with Crippen LogP contribution in [0.5, 0.6) is 0 Å². The number of nitro benzene ring substituents is 1. The molecule has 0 saturated heterocycles. The van der Waals surface area contributed by atoms with Crippen LogP contribution >= 0.6 is 0 Å². The molecule has 102 valence electrons. The normalized spacial score (nSPS) is 10.6. The third-order valence-corrected chi connectivity index (χ3v) is 2.99. The van der Waals surface area contributed by atoms with E-state index in [9.17, 15) is 10.1 Å². The Morgan fingerprint density at radius 3 is 2.70 bits per heavy atom. The molecule has 1 aromatic carbocycles. The highest BCUT2D eigenvalue weighted by molar-refractivity contribution is 5.50. The smallest absolute Gasteiger partial charge is 0.258 e. The van der Waals surface area contributed by atoms with E-state index >= 15 is 0 Å². The number of nitrogens with zero attached hydrogens (tertiary/aromatic N) is 5. The second kappa shape index (κ2) is 5.09. The Morgan fingerprint density at radius 1 is 1.45 bits per heavy atom. The van der Waals surface area contributed by atoms with Crippen molar-refractivity contribution in [3.63, 3.8) is 0 Å². The molecule has 0 N–H and O–H groups in total. The van der Waals surface area contributed by atoms with E-state index in [1.165, 1.54) is 16.8 Å². The molecule has 0 aliphatic carbocycles. The molecule has 20 heavy (non-hydrogen) atoms. The lowest BCUT2D eigenvalue weighted by molar-refractivity contribution is -0.384. The lowest BCUT2D eigenvalue weighted by atomic mass is 10.1. The zero-order chi connectivity index (χ0) is 14.9. The summed E-state index contributed by atoms with van der Waals surface area (Å²) in [6, 6.07) is 6.54. The van der Waals surface area contributed by atoms with Crippen molar-refractivity contribution in [1.82, 2.24) is 15.0 Å². The van der Waals surface area contributed by atoms with Crippen molar-refractivity contribution >= 4 is 5.69 Å². The minimum Gasteiger partial charge on any atom is -0.258 e. The summed E-state index contributed by atoms with van der Waals surface area (Å²) < 4.78 is 1.51.